The molecule has 1 heterocycles. The van der Waals surface area contributed by atoms with Crippen molar-refractivity contribution in [3.63, 3.8) is 0 Å². The zero-order valence-corrected chi connectivity index (χ0v) is 17.3. The van der Waals surface area contributed by atoms with Crippen LogP contribution in [-0.2, 0) is 6.54 Å². The molecule has 30 heavy (non-hydrogen) atoms. The lowest BCUT2D eigenvalue weighted by atomic mass is 10.1. The average Bonchev–Trinajstić information content (AvgIpc) is 3.59. The zero-order chi connectivity index (χ0) is 20.9. The normalized spacial score (nSPS) is 13.4. The van der Waals surface area contributed by atoms with Gasteiger partial charge < -0.3 is 21.1 Å². The molecule has 1 amide bonds. The van der Waals surface area contributed by atoms with Crippen LogP contribution in [-0.4, -0.2) is 30.6 Å². The maximum absolute atomic E-state index is 12.7. The number of pyridine rings is 1. The lowest BCUT2D eigenvalue weighted by Crippen LogP contribution is -2.21. The second kappa shape index (κ2) is 9.24. The number of ether oxygens (including phenoxy) is 1. The Labute approximate surface area is 176 Å². The van der Waals surface area contributed by atoms with Crippen molar-refractivity contribution >= 4 is 22.5 Å². The number of nitrogens with two attached hydrogens (primary N) is 1. The lowest BCUT2D eigenvalue weighted by molar-refractivity contribution is 0.102. The van der Waals surface area contributed by atoms with Crippen LogP contribution >= 0.6 is 0 Å². The van der Waals surface area contributed by atoms with Gasteiger partial charge in [-0.15, -0.1) is 0 Å². The highest BCUT2D eigenvalue weighted by Gasteiger charge is 2.21. The number of aryl methyl sites for hydroxylation is 1. The Bertz CT molecular complexity index is 1030. The zero-order valence-electron chi connectivity index (χ0n) is 17.3. The summed E-state index contributed by atoms with van der Waals surface area (Å²) in [6.07, 6.45) is 4.38. The fourth-order valence-electron chi connectivity index (χ4n) is 3.36. The summed E-state index contributed by atoms with van der Waals surface area (Å²) in [4.78, 5) is 17.3. The lowest BCUT2D eigenvalue weighted by Gasteiger charge is -2.12. The number of rotatable bonds is 9. The molecule has 2 aromatic carbocycles. The number of hydrogen-bond acceptors (Lipinski definition) is 5. The fourth-order valence-corrected chi connectivity index (χ4v) is 3.36. The van der Waals surface area contributed by atoms with Gasteiger partial charge in [0.1, 0.15) is 5.75 Å². The van der Waals surface area contributed by atoms with Crippen LogP contribution in [0.15, 0.2) is 48.7 Å². The molecule has 156 valence electrons. The van der Waals surface area contributed by atoms with Gasteiger partial charge in [-0.25, -0.2) is 0 Å². The van der Waals surface area contributed by atoms with Crippen molar-refractivity contribution in [2.75, 3.05) is 25.0 Å². The number of benzene rings is 2. The van der Waals surface area contributed by atoms with Gasteiger partial charge in [0.25, 0.3) is 5.91 Å². The number of amides is 1. The Balaban J connectivity index is 1.43. The van der Waals surface area contributed by atoms with Crippen molar-refractivity contribution in [3.8, 4) is 5.75 Å². The molecule has 4 N–H and O–H groups in total. The molecular formula is C24H28N4O2. The van der Waals surface area contributed by atoms with Crippen LogP contribution in [0.5, 0.6) is 5.75 Å². The number of anilines is 1. The Morgan fingerprint density at radius 3 is 2.73 bits per heavy atom. The van der Waals surface area contributed by atoms with Crippen LogP contribution in [0.2, 0.25) is 0 Å². The number of carbonyl (C=O) groups excluding carboxylic acids is 1. The molecule has 4 rings (SSSR count). The fraction of sp³-hybridized carbons (Fsp3) is 0.333. The Kier molecular flexibility index (Phi) is 6.26. The summed E-state index contributed by atoms with van der Waals surface area (Å²) in [5.74, 6) is 1.37. The van der Waals surface area contributed by atoms with Crippen LogP contribution in [0.1, 0.15) is 34.3 Å². The smallest absolute Gasteiger partial charge is 0.255 e. The minimum absolute atomic E-state index is 0.145. The standard InChI is InChI=1S/C24H28N4O2/c1-16-22(9-6-20-12-18(13-26-11-10-25)14-27-23(16)20)28-24(29)19-4-7-21(8-5-19)30-15-17-2-3-17/h4-9,12,14,17,26H,2-3,10-11,13,15,25H2,1H3,(H,28,29). The van der Waals surface area contributed by atoms with Gasteiger partial charge in [0.2, 0.25) is 0 Å². The van der Waals surface area contributed by atoms with Gasteiger partial charge in [0.05, 0.1) is 12.1 Å². The van der Waals surface area contributed by atoms with Gasteiger partial charge in [0.15, 0.2) is 0 Å². The van der Waals surface area contributed by atoms with Gasteiger partial charge in [-0.3, -0.25) is 9.78 Å². The van der Waals surface area contributed by atoms with E-state index in [9.17, 15) is 4.79 Å². The number of nitrogens with zero attached hydrogens (tertiary/aromatic N) is 1. The first-order valence-electron chi connectivity index (χ1n) is 10.5. The predicted molar refractivity (Wildman–Crippen MR) is 120 cm³/mol. The second-order valence-electron chi connectivity index (χ2n) is 7.85. The van der Waals surface area contributed by atoms with Crippen LogP contribution in [0, 0.1) is 12.8 Å². The van der Waals surface area contributed by atoms with Crippen molar-refractivity contribution < 1.29 is 9.53 Å². The first kappa shape index (κ1) is 20.3. The molecule has 0 unspecified atom stereocenters. The van der Waals surface area contributed by atoms with E-state index in [0.29, 0.717) is 18.0 Å². The predicted octanol–water partition coefficient (Wildman–Crippen LogP) is 3.63. The number of fused-ring (bicyclic) bond motifs is 1. The number of aromatic nitrogens is 1. The third-order valence-corrected chi connectivity index (χ3v) is 5.36. The van der Waals surface area contributed by atoms with Gasteiger partial charge >= 0.3 is 0 Å². The van der Waals surface area contributed by atoms with Crippen molar-refractivity contribution in [2.45, 2.75) is 26.3 Å². The molecule has 1 aliphatic carbocycles. The molecule has 0 atom stereocenters. The topological polar surface area (TPSA) is 89.3 Å². The van der Waals surface area contributed by atoms with Crippen molar-refractivity contribution in [2.24, 2.45) is 11.7 Å². The van der Waals surface area contributed by atoms with Gasteiger partial charge in [-0.05, 0) is 73.2 Å². The monoisotopic (exact) mass is 404 g/mol. The average molecular weight is 405 g/mol. The van der Waals surface area contributed by atoms with Crippen LogP contribution < -0.4 is 21.1 Å². The van der Waals surface area contributed by atoms with Crippen LogP contribution in [0.3, 0.4) is 0 Å². The third kappa shape index (κ3) is 4.96. The molecule has 6 nitrogen and oxygen atoms in total. The van der Waals surface area contributed by atoms with Gasteiger partial charge in [-0.1, -0.05) is 6.07 Å². The molecule has 6 heteroatoms. The summed E-state index contributed by atoms with van der Waals surface area (Å²) in [5.41, 5.74) is 9.83. The van der Waals surface area contributed by atoms with Gasteiger partial charge in [-0.2, -0.15) is 0 Å². The molecular weight excluding hydrogens is 376 g/mol. The van der Waals surface area contributed by atoms with Crippen molar-refractivity contribution in [1.82, 2.24) is 10.3 Å². The summed E-state index contributed by atoms with van der Waals surface area (Å²) in [6.45, 7) is 4.86. The van der Waals surface area contributed by atoms with E-state index in [2.05, 4.69) is 21.7 Å². The summed E-state index contributed by atoms with van der Waals surface area (Å²) < 4.78 is 5.74. The van der Waals surface area contributed by atoms with Crippen LogP contribution in [0.25, 0.3) is 10.9 Å². The summed E-state index contributed by atoms with van der Waals surface area (Å²) in [5, 5.41) is 7.34. The third-order valence-electron chi connectivity index (χ3n) is 5.36. The molecule has 3 aromatic rings. The van der Waals surface area contributed by atoms with E-state index in [1.807, 2.05) is 37.4 Å². The van der Waals surface area contributed by atoms with E-state index in [0.717, 1.165) is 53.2 Å². The van der Waals surface area contributed by atoms with E-state index in [-0.39, 0.29) is 5.91 Å². The van der Waals surface area contributed by atoms with Gasteiger partial charge in [0, 0.05) is 42.5 Å². The Hall–Kier alpha value is -2.96. The maximum Gasteiger partial charge on any atom is 0.255 e. The Morgan fingerprint density at radius 1 is 1.20 bits per heavy atom. The molecule has 0 bridgehead atoms. The number of carbonyl (C=O) groups is 1. The number of hydrogen-bond donors (Lipinski definition) is 3. The van der Waals surface area contributed by atoms with Crippen molar-refractivity contribution in [1.29, 1.82) is 0 Å². The molecule has 1 fully saturated rings. The van der Waals surface area contributed by atoms with E-state index >= 15 is 0 Å². The van der Waals surface area contributed by atoms with E-state index in [4.69, 9.17) is 10.5 Å². The van der Waals surface area contributed by atoms with Crippen molar-refractivity contribution in [3.05, 3.63) is 65.4 Å². The first-order valence-corrected chi connectivity index (χ1v) is 10.5. The molecule has 1 saturated carbocycles. The summed E-state index contributed by atoms with van der Waals surface area (Å²) >= 11 is 0. The van der Waals surface area contributed by atoms with E-state index < -0.39 is 0 Å². The summed E-state index contributed by atoms with van der Waals surface area (Å²) in [7, 11) is 0. The minimum Gasteiger partial charge on any atom is -0.493 e. The highest BCUT2D eigenvalue weighted by Crippen LogP contribution is 2.29. The largest absolute Gasteiger partial charge is 0.493 e. The Morgan fingerprint density at radius 2 is 2.00 bits per heavy atom. The summed E-state index contributed by atoms with van der Waals surface area (Å²) in [6, 6.07) is 13.3. The quantitative estimate of drug-likeness (QED) is 0.474. The molecule has 1 aliphatic rings. The van der Waals surface area contributed by atoms with E-state index in [1.54, 1.807) is 12.1 Å². The molecule has 0 aliphatic heterocycles. The SMILES string of the molecule is Cc1c(NC(=O)c2ccc(OCC3CC3)cc2)ccc2cc(CNCCN)cnc12. The highest BCUT2D eigenvalue weighted by molar-refractivity contribution is 6.06. The molecule has 0 saturated heterocycles. The minimum atomic E-state index is -0.145. The van der Waals surface area contributed by atoms with E-state index in [1.165, 1.54) is 12.8 Å². The molecule has 0 spiro atoms. The van der Waals surface area contributed by atoms with Crippen LogP contribution in [0.4, 0.5) is 5.69 Å². The second-order valence-corrected chi connectivity index (χ2v) is 7.85. The number of nitrogens with one attached hydrogen (secondary N) is 2. The maximum atomic E-state index is 12.7. The first-order chi connectivity index (χ1) is 14.6. The highest BCUT2D eigenvalue weighted by atomic mass is 16.5. The molecule has 1 aromatic heterocycles. The molecule has 0 radical (unpaired) electrons.